The quantitative estimate of drug-likeness (QED) is 0.526. The summed E-state index contributed by atoms with van der Waals surface area (Å²) < 4.78 is 0. The highest BCUT2D eigenvalue weighted by molar-refractivity contribution is 6.28. The molecule has 0 amide bonds. The second-order valence-corrected chi connectivity index (χ2v) is 2.67. The molecule has 0 saturated carbocycles. The van der Waals surface area contributed by atoms with E-state index in [0.29, 0.717) is 6.42 Å². The molecular formula is C9H8N2O. The largest absolute Gasteiger partial charge is 0.289 e. The molecule has 3 heteroatoms. The lowest BCUT2D eigenvalue weighted by atomic mass is 9.97. The number of rotatable bonds is 0. The van der Waals surface area contributed by atoms with E-state index in [-0.39, 0.29) is 5.78 Å². The average molecular weight is 160 g/mol. The summed E-state index contributed by atoms with van der Waals surface area (Å²) in [5.74, 6) is 0.0468. The summed E-state index contributed by atoms with van der Waals surface area (Å²) >= 11 is 0. The summed E-state index contributed by atoms with van der Waals surface area (Å²) in [5.41, 5.74) is 1.51. The van der Waals surface area contributed by atoms with E-state index >= 15 is 0 Å². The molecule has 0 aromatic carbocycles. The van der Waals surface area contributed by atoms with Crippen molar-refractivity contribution in [1.29, 1.82) is 0 Å². The van der Waals surface area contributed by atoms with Gasteiger partial charge in [0.1, 0.15) is 0 Å². The Bertz CT molecular complexity index is 334. The minimum Gasteiger partial charge on any atom is -0.289 e. The van der Waals surface area contributed by atoms with Crippen LogP contribution in [0.5, 0.6) is 0 Å². The number of allylic oxidation sites excluding steroid dienone is 4. The van der Waals surface area contributed by atoms with Crippen LogP contribution in [0.25, 0.3) is 0 Å². The number of fused-ring (bicyclic) bond motifs is 1. The molecule has 12 heavy (non-hydrogen) atoms. The minimum absolute atomic E-state index is 0.0468. The molecule has 0 spiro atoms. The molecule has 0 atom stereocenters. The third-order valence-electron chi connectivity index (χ3n) is 1.84. The molecule has 0 bridgehead atoms. The zero-order valence-corrected chi connectivity index (χ0v) is 6.53. The van der Waals surface area contributed by atoms with Crippen LogP contribution in [0.4, 0.5) is 0 Å². The van der Waals surface area contributed by atoms with Crippen molar-refractivity contribution in [3.05, 3.63) is 23.8 Å². The zero-order valence-electron chi connectivity index (χ0n) is 6.53. The Labute approximate surface area is 70.2 Å². The van der Waals surface area contributed by atoms with Crippen LogP contribution in [-0.2, 0) is 4.79 Å². The van der Waals surface area contributed by atoms with Crippen molar-refractivity contribution in [2.24, 2.45) is 10.2 Å². The van der Waals surface area contributed by atoms with Crippen LogP contribution in [0.2, 0.25) is 0 Å². The Morgan fingerprint density at radius 2 is 2.33 bits per heavy atom. The van der Waals surface area contributed by atoms with Gasteiger partial charge in [-0.05, 0) is 6.08 Å². The Balaban J connectivity index is 2.45. The van der Waals surface area contributed by atoms with Crippen LogP contribution in [0.3, 0.4) is 0 Å². The van der Waals surface area contributed by atoms with Gasteiger partial charge < -0.3 is 0 Å². The molecular weight excluding hydrogens is 152 g/mol. The van der Waals surface area contributed by atoms with E-state index < -0.39 is 0 Å². The molecule has 0 aromatic rings. The van der Waals surface area contributed by atoms with Gasteiger partial charge in [-0.25, -0.2) is 0 Å². The Morgan fingerprint density at radius 1 is 1.42 bits per heavy atom. The van der Waals surface area contributed by atoms with Gasteiger partial charge in [0.15, 0.2) is 5.78 Å². The fourth-order valence-corrected chi connectivity index (χ4v) is 1.26. The highest BCUT2D eigenvalue weighted by Crippen LogP contribution is 2.14. The van der Waals surface area contributed by atoms with E-state index in [4.69, 9.17) is 0 Å². The lowest BCUT2D eigenvalue weighted by Crippen LogP contribution is -2.14. The van der Waals surface area contributed by atoms with E-state index in [1.54, 1.807) is 12.3 Å². The molecule has 0 fully saturated rings. The van der Waals surface area contributed by atoms with Gasteiger partial charge in [-0.3, -0.25) is 4.79 Å². The van der Waals surface area contributed by atoms with Crippen LogP contribution in [0.1, 0.15) is 12.8 Å². The predicted octanol–water partition coefficient (Wildman–Crippen LogP) is 1.27. The first-order chi connectivity index (χ1) is 5.88. The standard InChI is InChI=1S/C9H8N2O/c12-9-5-1-4-8-7(9)3-2-6-10-11-8/h1,3,5-6H,2,4H2. The molecule has 1 aliphatic carbocycles. The SMILES string of the molecule is O=C1C=CCC2=NN=CCC=C12. The van der Waals surface area contributed by atoms with E-state index in [1.807, 2.05) is 12.2 Å². The van der Waals surface area contributed by atoms with Crippen molar-refractivity contribution in [3.63, 3.8) is 0 Å². The molecule has 0 saturated heterocycles. The van der Waals surface area contributed by atoms with Crippen molar-refractivity contribution >= 4 is 17.7 Å². The van der Waals surface area contributed by atoms with Crippen LogP contribution < -0.4 is 0 Å². The lowest BCUT2D eigenvalue weighted by molar-refractivity contribution is -0.111. The second-order valence-electron chi connectivity index (χ2n) is 2.67. The topological polar surface area (TPSA) is 41.8 Å². The van der Waals surface area contributed by atoms with Crippen LogP contribution in [0.15, 0.2) is 34.0 Å². The number of carbonyl (C=O) groups is 1. The maximum atomic E-state index is 11.3. The first-order valence-corrected chi connectivity index (χ1v) is 3.87. The number of carbonyl (C=O) groups excluding carboxylic acids is 1. The Morgan fingerprint density at radius 3 is 3.25 bits per heavy atom. The smallest absolute Gasteiger partial charge is 0.187 e. The molecule has 60 valence electrons. The number of hydrogen-bond acceptors (Lipinski definition) is 3. The lowest BCUT2D eigenvalue weighted by Gasteiger charge is -2.07. The van der Waals surface area contributed by atoms with E-state index in [0.717, 1.165) is 17.7 Å². The summed E-state index contributed by atoms with van der Waals surface area (Å²) in [6.07, 6.45) is 8.40. The number of hydrogen-bond donors (Lipinski definition) is 0. The maximum absolute atomic E-state index is 11.3. The zero-order chi connectivity index (χ0) is 8.39. The summed E-state index contributed by atoms with van der Waals surface area (Å²) in [5, 5.41) is 7.76. The van der Waals surface area contributed by atoms with Crippen LogP contribution in [-0.4, -0.2) is 17.7 Å². The molecule has 1 heterocycles. The first-order valence-electron chi connectivity index (χ1n) is 3.87. The van der Waals surface area contributed by atoms with E-state index in [2.05, 4.69) is 10.2 Å². The van der Waals surface area contributed by atoms with Crippen molar-refractivity contribution in [2.45, 2.75) is 12.8 Å². The molecule has 0 unspecified atom stereocenters. The average Bonchev–Trinajstić information content (AvgIpc) is 2.30. The molecule has 0 N–H and O–H groups in total. The van der Waals surface area contributed by atoms with E-state index in [9.17, 15) is 4.79 Å². The Hall–Kier alpha value is -1.51. The molecule has 2 rings (SSSR count). The van der Waals surface area contributed by atoms with Gasteiger partial charge in [-0.1, -0.05) is 12.2 Å². The van der Waals surface area contributed by atoms with Crippen molar-refractivity contribution < 1.29 is 4.79 Å². The Kier molecular flexibility index (Phi) is 1.70. The summed E-state index contributed by atoms with van der Waals surface area (Å²) in [7, 11) is 0. The van der Waals surface area contributed by atoms with Gasteiger partial charge in [0.25, 0.3) is 0 Å². The highest BCUT2D eigenvalue weighted by atomic mass is 16.1. The third-order valence-corrected chi connectivity index (χ3v) is 1.84. The van der Waals surface area contributed by atoms with Crippen LogP contribution >= 0.6 is 0 Å². The number of nitrogens with zero attached hydrogens (tertiary/aromatic N) is 2. The van der Waals surface area contributed by atoms with Gasteiger partial charge in [0, 0.05) is 24.6 Å². The van der Waals surface area contributed by atoms with Gasteiger partial charge in [-0.15, -0.1) is 0 Å². The first kappa shape index (κ1) is 7.16. The number of ketones is 1. The summed E-state index contributed by atoms with van der Waals surface area (Å²) in [6.45, 7) is 0. The molecule has 2 aliphatic rings. The fraction of sp³-hybridized carbons (Fsp3) is 0.222. The van der Waals surface area contributed by atoms with Crippen molar-refractivity contribution in [2.75, 3.05) is 0 Å². The van der Waals surface area contributed by atoms with Crippen molar-refractivity contribution in [3.8, 4) is 0 Å². The normalized spacial score (nSPS) is 21.2. The third kappa shape index (κ3) is 1.13. The summed E-state index contributed by atoms with van der Waals surface area (Å²) in [4.78, 5) is 11.3. The van der Waals surface area contributed by atoms with Crippen molar-refractivity contribution in [1.82, 2.24) is 0 Å². The van der Waals surface area contributed by atoms with Gasteiger partial charge in [0.2, 0.25) is 0 Å². The maximum Gasteiger partial charge on any atom is 0.187 e. The fourth-order valence-electron chi connectivity index (χ4n) is 1.26. The molecule has 0 aromatic heterocycles. The van der Waals surface area contributed by atoms with E-state index in [1.165, 1.54) is 0 Å². The molecule has 0 radical (unpaired) electrons. The molecule has 1 aliphatic heterocycles. The molecule has 3 nitrogen and oxygen atoms in total. The van der Waals surface area contributed by atoms with Gasteiger partial charge in [0.05, 0.1) is 5.71 Å². The predicted molar refractivity (Wildman–Crippen MR) is 47.4 cm³/mol. The highest BCUT2D eigenvalue weighted by Gasteiger charge is 2.17. The van der Waals surface area contributed by atoms with Gasteiger partial charge in [-0.2, -0.15) is 10.2 Å². The van der Waals surface area contributed by atoms with Crippen LogP contribution in [0, 0.1) is 0 Å². The summed E-state index contributed by atoms with van der Waals surface area (Å²) in [6, 6.07) is 0. The minimum atomic E-state index is 0.0468. The second kappa shape index (κ2) is 2.85. The van der Waals surface area contributed by atoms with Gasteiger partial charge >= 0.3 is 0 Å². The monoisotopic (exact) mass is 160 g/mol.